The summed E-state index contributed by atoms with van der Waals surface area (Å²) in [5, 5.41) is 7.42. The van der Waals surface area contributed by atoms with Crippen LogP contribution in [0.25, 0.3) is 11.3 Å². The van der Waals surface area contributed by atoms with Gasteiger partial charge in [-0.15, -0.1) is 0 Å². The van der Waals surface area contributed by atoms with Crippen molar-refractivity contribution in [2.45, 2.75) is 6.92 Å². The van der Waals surface area contributed by atoms with Gasteiger partial charge in [-0.3, -0.25) is 5.10 Å². The Hall–Kier alpha value is -3.35. The lowest BCUT2D eigenvalue weighted by Crippen LogP contribution is -2.57. The summed E-state index contributed by atoms with van der Waals surface area (Å²) in [5.74, 6) is 0.566. The van der Waals surface area contributed by atoms with Crippen molar-refractivity contribution >= 4 is 39.0 Å². The zero-order valence-electron chi connectivity index (χ0n) is 17.1. The molecular weight excluding hydrogens is 452 g/mol. The van der Waals surface area contributed by atoms with Gasteiger partial charge in [0.2, 0.25) is 5.84 Å². The summed E-state index contributed by atoms with van der Waals surface area (Å²) in [5.41, 5.74) is 5.47. The van der Waals surface area contributed by atoms with Gasteiger partial charge < -0.3 is 0 Å². The van der Waals surface area contributed by atoms with Crippen molar-refractivity contribution in [3.05, 3.63) is 100 Å². The molecular formula is C25H20BrN4O+. The van der Waals surface area contributed by atoms with Crippen molar-refractivity contribution in [1.82, 2.24) is 14.7 Å². The number of rotatable bonds is 3. The second-order valence-electron chi connectivity index (χ2n) is 7.75. The molecule has 0 spiro atoms. The molecule has 0 radical (unpaired) electrons. The van der Waals surface area contributed by atoms with Crippen molar-refractivity contribution in [2.24, 2.45) is 4.99 Å². The summed E-state index contributed by atoms with van der Waals surface area (Å²) in [6, 6.07) is 25.7. The maximum atomic E-state index is 13.9. The third-order valence-corrected chi connectivity index (χ3v) is 6.23. The van der Waals surface area contributed by atoms with Crippen molar-refractivity contribution < 1.29 is 4.79 Å². The predicted molar refractivity (Wildman–Crippen MR) is 128 cm³/mol. The van der Waals surface area contributed by atoms with E-state index >= 15 is 0 Å². The van der Waals surface area contributed by atoms with Crippen molar-refractivity contribution in [2.75, 3.05) is 7.05 Å². The Kier molecular flexibility index (Phi) is 4.68. The van der Waals surface area contributed by atoms with Gasteiger partial charge in [0.05, 0.1) is 12.6 Å². The van der Waals surface area contributed by atoms with Gasteiger partial charge >= 0.3 is 5.91 Å². The van der Waals surface area contributed by atoms with Gasteiger partial charge in [-0.05, 0) is 31.2 Å². The summed E-state index contributed by atoms with van der Waals surface area (Å²) >= 11 is 3.49. The van der Waals surface area contributed by atoms with E-state index in [2.05, 4.69) is 26.1 Å². The number of hydrogen-bond donors (Lipinski definition) is 1. The number of aliphatic imine (C=N–C) groups is 1. The molecule has 0 aliphatic carbocycles. The summed E-state index contributed by atoms with van der Waals surface area (Å²) < 4.78 is 0.870. The number of amides is 1. The third kappa shape index (κ3) is 3.15. The molecule has 4 aromatic rings. The van der Waals surface area contributed by atoms with Gasteiger partial charge in [0, 0.05) is 22.2 Å². The van der Waals surface area contributed by atoms with Crippen LogP contribution in [-0.4, -0.2) is 29.0 Å². The Morgan fingerprint density at radius 3 is 2.23 bits per heavy atom. The fourth-order valence-corrected chi connectivity index (χ4v) is 4.19. The molecule has 1 aliphatic heterocycles. The van der Waals surface area contributed by atoms with E-state index in [0.29, 0.717) is 22.9 Å². The first-order chi connectivity index (χ1) is 15.0. The predicted octanol–water partition coefficient (Wildman–Crippen LogP) is 6.02. The van der Waals surface area contributed by atoms with Crippen LogP contribution < -0.4 is 4.48 Å². The summed E-state index contributed by atoms with van der Waals surface area (Å²) in [7, 11) is 1.89. The molecule has 1 aliphatic rings. The Labute approximate surface area is 188 Å². The van der Waals surface area contributed by atoms with Crippen molar-refractivity contribution in [1.29, 1.82) is 0 Å². The van der Waals surface area contributed by atoms with E-state index < -0.39 is 0 Å². The molecule has 6 heteroatoms. The fourth-order valence-electron chi connectivity index (χ4n) is 3.92. The number of aryl methyl sites for hydroxylation is 1. The van der Waals surface area contributed by atoms with E-state index in [9.17, 15) is 4.79 Å². The van der Waals surface area contributed by atoms with E-state index in [-0.39, 0.29) is 10.4 Å². The standard InChI is InChI=1S/C25H19BrN4O/c1-16-8-10-18(11-9-16)24-27-22-21(17-6-4-3-5-7-17)28-29-23(22)25(31)30(24,2)20-14-12-19(26)13-15-20/h3-15H,1-2H3/p+1. The minimum Gasteiger partial charge on any atom is -0.267 e. The zero-order valence-corrected chi connectivity index (χ0v) is 18.7. The van der Waals surface area contributed by atoms with Gasteiger partial charge in [-0.25, -0.2) is 4.79 Å². The highest BCUT2D eigenvalue weighted by Gasteiger charge is 2.48. The van der Waals surface area contributed by atoms with Crippen LogP contribution >= 0.6 is 15.9 Å². The van der Waals surface area contributed by atoms with E-state index in [1.807, 2.05) is 92.8 Å². The molecule has 3 aromatic carbocycles. The maximum absolute atomic E-state index is 13.9. The Balaban J connectivity index is 1.77. The summed E-state index contributed by atoms with van der Waals surface area (Å²) in [6.07, 6.45) is 0. The van der Waals surface area contributed by atoms with Gasteiger partial charge in [0.25, 0.3) is 0 Å². The number of aromatic amines is 1. The quantitative estimate of drug-likeness (QED) is 0.371. The molecule has 1 amide bonds. The highest BCUT2D eigenvalue weighted by Crippen LogP contribution is 2.40. The van der Waals surface area contributed by atoms with Crippen LogP contribution in [0.1, 0.15) is 21.6 Å². The monoisotopic (exact) mass is 471 g/mol. The molecule has 2 heterocycles. The molecule has 0 bridgehead atoms. The van der Waals surface area contributed by atoms with Crippen molar-refractivity contribution in [3.63, 3.8) is 0 Å². The van der Waals surface area contributed by atoms with Gasteiger partial charge in [-0.2, -0.15) is 14.6 Å². The molecule has 0 fully saturated rings. The Morgan fingerprint density at radius 2 is 1.55 bits per heavy atom. The van der Waals surface area contributed by atoms with Crippen molar-refractivity contribution in [3.8, 4) is 11.3 Å². The third-order valence-electron chi connectivity index (χ3n) is 5.70. The molecule has 1 N–H and O–H groups in total. The van der Waals surface area contributed by atoms with Crippen LogP contribution in [0.15, 0.2) is 88.3 Å². The SMILES string of the molecule is Cc1ccc(C2=Nc3c(-c4ccccc4)n[nH]c3C(=O)[N+]2(C)c2ccc(Br)cc2)cc1. The van der Waals surface area contributed by atoms with E-state index in [1.54, 1.807) is 0 Å². The number of H-pyrrole nitrogens is 1. The minimum atomic E-state index is -0.0995. The number of hydrogen-bond acceptors (Lipinski definition) is 3. The van der Waals surface area contributed by atoms with Crippen LogP contribution in [0.5, 0.6) is 0 Å². The number of nitrogens with one attached hydrogen (secondary N) is 1. The number of aromatic nitrogens is 2. The number of nitrogens with zero attached hydrogens (tertiary/aromatic N) is 3. The summed E-state index contributed by atoms with van der Waals surface area (Å²) in [4.78, 5) is 19.0. The number of halogens is 1. The lowest BCUT2D eigenvalue weighted by molar-refractivity contribution is 0.0866. The van der Waals surface area contributed by atoms with E-state index in [1.165, 1.54) is 0 Å². The first-order valence-electron chi connectivity index (χ1n) is 9.96. The van der Waals surface area contributed by atoms with E-state index in [0.717, 1.165) is 26.9 Å². The molecule has 1 atom stereocenters. The topological polar surface area (TPSA) is 58.1 Å². The summed E-state index contributed by atoms with van der Waals surface area (Å²) in [6.45, 7) is 2.04. The second kappa shape index (κ2) is 7.41. The van der Waals surface area contributed by atoms with Crippen LogP contribution in [-0.2, 0) is 0 Å². The van der Waals surface area contributed by atoms with Gasteiger partial charge in [0.15, 0.2) is 5.69 Å². The largest absolute Gasteiger partial charge is 0.377 e. The highest BCUT2D eigenvalue weighted by molar-refractivity contribution is 9.10. The Bertz CT molecular complexity index is 1310. The number of benzene rings is 3. The number of carbonyl (C=O) groups is 1. The smallest absolute Gasteiger partial charge is 0.267 e. The lowest BCUT2D eigenvalue weighted by atomic mass is 10.0. The molecule has 31 heavy (non-hydrogen) atoms. The van der Waals surface area contributed by atoms with Crippen LogP contribution in [0.4, 0.5) is 11.4 Å². The lowest BCUT2D eigenvalue weighted by Gasteiger charge is -2.33. The molecule has 1 aromatic heterocycles. The zero-order chi connectivity index (χ0) is 21.6. The molecule has 0 saturated heterocycles. The van der Waals surface area contributed by atoms with Gasteiger partial charge in [-0.1, -0.05) is 64.0 Å². The van der Waals surface area contributed by atoms with Crippen LogP contribution in [0.2, 0.25) is 0 Å². The normalized spacial score (nSPS) is 17.9. The molecule has 1 unspecified atom stereocenters. The van der Waals surface area contributed by atoms with E-state index in [4.69, 9.17) is 4.99 Å². The average Bonchev–Trinajstić information content (AvgIpc) is 3.22. The number of quaternary nitrogens is 1. The second-order valence-corrected chi connectivity index (χ2v) is 8.67. The number of amidine groups is 1. The number of fused-ring (bicyclic) bond motifs is 1. The first kappa shape index (κ1) is 19.6. The first-order valence-corrected chi connectivity index (χ1v) is 10.8. The number of carbonyl (C=O) groups excluding carboxylic acids is 1. The highest BCUT2D eigenvalue weighted by atomic mass is 79.9. The molecule has 5 rings (SSSR count). The average molecular weight is 472 g/mol. The van der Waals surface area contributed by atoms with Gasteiger partial charge in [0.1, 0.15) is 17.1 Å². The maximum Gasteiger partial charge on any atom is 0.377 e. The fraction of sp³-hybridized carbons (Fsp3) is 0.0800. The molecule has 152 valence electrons. The van der Waals surface area contributed by atoms with Crippen LogP contribution in [0, 0.1) is 6.92 Å². The van der Waals surface area contributed by atoms with Crippen LogP contribution in [0.3, 0.4) is 0 Å². The molecule has 5 nitrogen and oxygen atoms in total. The Morgan fingerprint density at radius 1 is 0.871 bits per heavy atom. The minimum absolute atomic E-state index is 0.0836. The molecule has 0 saturated carbocycles.